The van der Waals surface area contributed by atoms with Crippen LogP contribution in [-0.4, -0.2) is 61.4 Å². The Morgan fingerprint density at radius 1 is 1.08 bits per heavy atom. The molecule has 2 aliphatic rings. The van der Waals surface area contributed by atoms with Gasteiger partial charge in [0.25, 0.3) is 0 Å². The Bertz CT molecular complexity index is 500. The van der Waals surface area contributed by atoms with Crippen LogP contribution in [0.3, 0.4) is 0 Å². The molecule has 1 aliphatic heterocycles. The Hall–Kier alpha value is -1.79. The SMILES string of the molecule is CN=C(NCCC(=O)NC1CCCCC1)NC1CCN(C(=O)C(C)C)C1. The zero-order valence-corrected chi connectivity index (χ0v) is 16.5. The van der Waals surface area contributed by atoms with E-state index in [0.717, 1.165) is 25.8 Å². The lowest BCUT2D eigenvalue weighted by Gasteiger charge is -2.23. The molecule has 7 heteroatoms. The van der Waals surface area contributed by atoms with Crippen molar-refractivity contribution >= 4 is 17.8 Å². The molecule has 2 fully saturated rings. The van der Waals surface area contributed by atoms with E-state index in [4.69, 9.17) is 0 Å². The van der Waals surface area contributed by atoms with Gasteiger partial charge in [-0.3, -0.25) is 14.6 Å². The van der Waals surface area contributed by atoms with E-state index in [1.165, 1.54) is 19.3 Å². The fourth-order valence-electron chi connectivity index (χ4n) is 3.67. The number of rotatable bonds is 6. The predicted molar refractivity (Wildman–Crippen MR) is 104 cm³/mol. The minimum absolute atomic E-state index is 0.0360. The predicted octanol–water partition coefficient (Wildman–Crippen LogP) is 1.25. The largest absolute Gasteiger partial charge is 0.356 e. The molecule has 1 atom stereocenters. The van der Waals surface area contributed by atoms with Gasteiger partial charge in [0.2, 0.25) is 11.8 Å². The van der Waals surface area contributed by atoms with Crippen molar-refractivity contribution in [3.8, 4) is 0 Å². The molecule has 2 amide bonds. The molecule has 1 aliphatic carbocycles. The smallest absolute Gasteiger partial charge is 0.225 e. The third-order valence-corrected chi connectivity index (χ3v) is 5.17. The maximum atomic E-state index is 12.1. The van der Waals surface area contributed by atoms with E-state index in [1.54, 1.807) is 7.05 Å². The molecule has 0 spiro atoms. The molecule has 0 aromatic carbocycles. The Morgan fingerprint density at radius 2 is 1.81 bits per heavy atom. The van der Waals surface area contributed by atoms with Gasteiger partial charge in [0.05, 0.1) is 0 Å². The number of nitrogens with one attached hydrogen (secondary N) is 3. The van der Waals surface area contributed by atoms with Gasteiger partial charge in [0.1, 0.15) is 0 Å². The number of hydrogen-bond donors (Lipinski definition) is 3. The third-order valence-electron chi connectivity index (χ3n) is 5.17. The number of guanidine groups is 1. The van der Waals surface area contributed by atoms with Crippen molar-refractivity contribution < 1.29 is 9.59 Å². The topological polar surface area (TPSA) is 85.8 Å². The fourth-order valence-corrected chi connectivity index (χ4v) is 3.67. The molecular weight excluding hydrogens is 330 g/mol. The summed E-state index contributed by atoms with van der Waals surface area (Å²) in [4.78, 5) is 30.3. The zero-order valence-electron chi connectivity index (χ0n) is 16.5. The van der Waals surface area contributed by atoms with Crippen LogP contribution in [0.15, 0.2) is 4.99 Å². The molecule has 1 unspecified atom stereocenters. The lowest BCUT2D eigenvalue weighted by Crippen LogP contribution is -2.46. The molecule has 148 valence electrons. The summed E-state index contributed by atoms with van der Waals surface area (Å²) in [5.41, 5.74) is 0. The van der Waals surface area contributed by atoms with Crippen LogP contribution < -0.4 is 16.0 Å². The first kappa shape index (κ1) is 20.5. The summed E-state index contributed by atoms with van der Waals surface area (Å²) in [6.07, 6.45) is 7.30. The highest BCUT2D eigenvalue weighted by Crippen LogP contribution is 2.17. The van der Waals surface area contributed by atoms with E-state index in [9.17, 15) is 9.59 Å². The molecule has 2 rings (SSSR count). The summed E-state index contributed by atoms with van der Waals surface area (Å²) < 4.78 is 0. The van der Waals surface area contributed by atoms with Crippen molar-refractivity contribution in [2.75, 3.05) is 26.7 Å². The van der Waals surface area contributed by atoms with Crippen LogP contribution in [0.2, 0.25) is 0 Å². The van der Waals surface area contributed by atoms with Crippen LogP contribution in [0.4, 0.5) is 0 Å². The maximum absolute atomic E-state index is 12.1. The molecule has 26 heavy (non-hydrogen) atoms. The number of amides is 2. The minimum atomic E-state index is 0.0360. The second kappa shape index (κ2) is 10.4. The Labute approximate surface area is 157 Å². The molecule has 0 radical (unpaired) electrons. The summed E-state index contributed by atoms with van der Waals surface area (Å²) in [7, 11) is 1.73. The first-order valence-electron chi connectivity index (χ1n) is 10.0. The summed E-state index contributed by atoms with van der Waals surface area (Å²) in [5.74, 6) is 1.04. The van der Waals surface area contributed by atoms with Gasteiger partial charge in [-0.05, 0) is 19.3 Å². The highest BCUT2D eigenvalue weighted by atomic mass is 16.2. The van der Waals surface area contributed by atoms with Crippen molar-refractivity contribution in [3.63, 3.8) is 0 Å². The van der Waals surface area contributed by atoms with Crippen molar-refractivity contribution in [1.82, 2.24) is 20.9 Å². The number of likely N-dealkylation sites (tertiary alicyclic amines) is 1. The van der Waals surface area contributed by atoms with E-state index in [2.05, 4.69) is 20.9 Å². The molecule has 1 saturated carbocycles. The first-order chi connectivity index (χ1) is 12.5. The van der Waals surface area contributed by atoms with Crippen molar-refractivity contribution in [2.45, 2.75) is 70.9 Å². The van der Waals surface area contributed by atoms with E-state index >= 15 is 0 Å². The van der Waals surface area contributed by atoms with Gasteiger partial charge >= 0.3 is 0 Å². The summed E-state index contributed by atoms with van der Waals surface area (Å²) in [5, 5.41) is 9.69. The van der Waals surface area contributed by atoms with Crippen LogP contribution >= 0.6 is 0 Å². The standard InChI is InChI=1S/C19H35N5O2/c1-14(2)18(26)24-12-10-16(13-24)23-19(20-3)21-11-9-17(25)22-15-7-5-4-6-8-15/h14-16H,4-13H2,1-3H3,(H,22,25)(H2,20,21,23). The third kappa shape index (κ3) is 6.50. The van der Waals surface area contributed by atoms with Gasteiger partial charge < -0.3 is 20.9 Å². The van der Waals surface area contributed by atoms with E-state index in [0.29, 0.717) is 31.5 Å². The van der Waals surface area contributed by atoms with Gasteiger partial charge in [-0.15, -0.1) is 0 Å². The van der Waals surface area contributed by atoms with Gasteiger partial charge in [-0.1, -0.05) is 33.1 Å². The zero-order chi connectivity index (χ0) is 18.9. The average molecular weight is 366 g/mol. The molecule has 0 aromatic rings. The molecule has 0 bridgehead atoms. The molecule has 1 saturated heterocycles. The van der Waals surface area contributed by atoms with Crippen LogP contribution in [-0.2, 0) is 9.59 Å². The van der Waals surface area contributed by atoms with Crippen LogP contribution in [0.1, 0.15) is 58.8 Å². The molecule has 7 nitrogen and oxygen atoms in total. The van der Waals surface area contributed by atoms with Gasteiger partial charge in [0, 0.05) is 51.1 Å². The molecule has 1 heterocycles. The summed E-state index contributed by atoms with van der Waals surface area (Å²) >= 11 is 0. The molecule has 3 N–H and O–H groups in total. The van der Waals surface area contributed by atoms with E-state index < -0.39 is 0 Å². The normalized spacial score (nSPS) is 21.8. The number of nitrogens with zero attached hydrogens (tertiary/aromatic N) is 2. The van der Waals surface area contributed by atoms with Crippen molar-refractivity contribution in [3.05, 3.63) is 0 Å². The van der Waals surface area contributed by atoms with Gasteiger partial charge in [-0.2, -0.15) is 0 Å². The molecule has 0 aromatic heterocycles. The first-order valence-corrected chi connectivity index (χ1v) is 10.0. The van der Waals surface area contributed by atoms with Gasteiger partial charge in [-0.25, -0.2) is 0 Å². The van der Waals surface area contributed by atoms with Crippen molar-refractivity contribution in [2.24, 2.45) is 10.9 Å². The highest BCUT2D eigenvalue weighted by Gasteiger charge is 2.27. The summed E-state index contributed by atoms with van der Waals surface area (Å²) in [6.45, 7) is 5.92. The fraction of sp³-hybridized carbons (Fsp3) is 0.842. The lowest BCUT2D eigenvalue weighted by molar-refractivity contribution is -0.133. The van der Waals surface area contributed by atoms with E-state index in [-0.39, 0.29) is 23.8 Å². The summed E-state index contributed by atoms with van der Waals surface area (Å²) in [6, 6.07) is 0.566. The van der Waals surface area contributed by atoms with Crippen molar-refractivity contribution in [1.29, 1.82) is 0 Å². The minimum Gasteiger partial charge on any atom is -0.356 e. The second-order valence-corrected chi connectivity index (χ2v) is 7.72. The Morgan fingerprint density at radius 3 is 2.46 bits per heavy atom. The lowest BCUT2D eigenvalue weighted by atomic mass is 9.95. The van der Waals surface area contributed by atoms with Crippen LogP contribution in [0, 0.1) is 5.92 Å². The number of hydrogen-bond acceptors (Lipinski definition) is 3. The Balaban J connectivity index is 1.65. The average Bonchev–Trinajstić information content (AvgIpc) is 3.09. The monoisotopic (exact) mass is 365 g/mol. The maximum Gasteiger partial charge on any atom is 0.225 e. The number of carbonyl (C=O) groups is 2. The van der Waals surface area contributed by atoms with Gasteiger partial charge in [0.15, 0.2) is 5.96 Å². The van der Waals surface area contributed by atoms with Crippen LogP contribution in [0.25, 0.3) is 0 Å². The quantitative estimate of drug-likeness (QED) is 0.488. The second-order valence-electron chi connectivity index (χ2n) is 7.72. The highest BCUT2D eigenvalue weighted by molar-refractivity contribution is 5.82. The Kier molecular flexibility index (Phi) is 8.19. The van der Waals surface area contributed by atoms with Crippen LogP contribution in [0.5, 0.6) is 0 Å². The number of carbonyl (C=O) groups excluding carboxylic acids is 2. The van der Waals surface area contributed by atoms with E-state index in [1.807, 2.05) is 18.7 Å². The molecular formula is C19H35N5O2. The number of aliphatic imine (C=N–C) groups is 1.